The Morgan fingerprint density at radius 3 is 2.63 bits per heavy atom. The summed E-state index contributed by atoms with van der Waals surface area (Å²) in [4.78, 5) is 12.6. The van der Waals surface area contributed by atoms with Crippen LogP contribution in [0.2, 0.25) is 0 Å². The van der Waals surface area contributed by atoms with Crippen LogP contribution >= 0.6 is 11.5 Å². The van der Waals surface area contributed by atoms with Gasteiger partial charge >= 0.3 is 0 Å². The first-order valence-corrected chi connectivity index (χ1v) is 11.7. The first-order chi connectivity index (χ1) is 17.2. The Balaban J connectivity index is 1.53. The molecule has 8 nitrogen and oxygen atoms in total. The third kappa shape index (κ3) is 3.45. The van der Waals surface area contributed by atoms with Crippen molar-refractivity contribution in [1.82, 2.24) is 29.1 Å². The Bertz CT molecular complexity index is 1570. The van der Waals surface area contributed by atoms with Crippen LogP contribution < -0.4 is 4.90 Å². The van der Waals surface area contributed by atoms with E-state index in [9.17, 15) is 9.65 Å². The van der Waals surface area contributed by atoms with Crippen molar-refractivity contribution in [3.63, 3.8) is 0 Å². The second-order valence-electron chi connectivity index (χ2n) is 7.99. The maximum Gasteiger partial charge on any atom is 0.164 e. The number of rotatable bonds is 4. The number of nitrogens with zero attached hydrogens (tertiary/aromatic N) is 8. The van der Waals surface area contributed by atoms with Crippen LogP contribution in [0.4, 0.5) is 15.9 Å². The SMILES string of the molecule is CCC1c2nncn2-c2cnc(-c3cnsc3-c3ccc(F)cc3)nc2N1c1ccc(C#N)cc1. The molecular weight excluding hydrogens is 463 g/mol. The zero-order chi connectivity index (χ0) is 23.9. The fraction of sp³-hybridized carbons (Fsp3) is 0.120. The van der Waals surface area contributed by atoms with Gasteiger partial charge in [-0.3, -0.25) is 4.57 Å². The van der Waals surface area contributed by atoms with Crippen molar-refractivity contribution < 1.29 is 4.39 Å². The first-order valence-electron chi connectivity index (χ1n) is 11.0. The number of nitriles is 1. The van der Waals surface area contributed by atoms with Gasteiger partial charge in [-0.05, 0) is 59.9 Å². The monoisotopic (exact) mass is 480 g/mol. The molecule has 0 aliphatic carbocycles. The van der Waals surface area contributed by atoms with Crippen LogP contribution in [0, 0.1) is 17.1 Å². The summed E-state index contributed by atoms with van der Waals surface area (Å²) in [7, 11) is 0. The van der Waals surface area contributed by atoms with E-state index in [0.717, 1.165) is 39.6 Å². The summed E-state index contributed by atoms with van der Waals surface area (Å²) in [5, 5.41) is 17.8. The van der Waals surface area contributed by atoms with Crippen LogP contribution in [0.25, 0.3) is 27.5 Å². The highest BCUT2D eigenvalue weighted by atomic mass is 32.1. The number of hydrogen-bond donors (Lipinski definition) is 0. The van der Waals surface area contributed by atoms with Gasteiger partial charge in [-0.1, -0.05) is 19.1 Å². The van der Waals surface area contributed by atoms with Gasteiger partial charge in [0.1, 0.15) is 17.8 Å². The minimum absolute atomic E-state index is 0.113. The van der Waals surface area contributed by atoms with Gasteiger partial charge in [0.05, 0.1) is 40.5 Å². The predicted octanol–water partition coefficient (Wildman–Crippen LogP) is 5.46. The second-order valence-corrected chi connectivity index (χ2v) is 8.79. The highest BCUT2D eigenvalue weighted by Crippen LogP contribution is 2.44. The lowest BCUT2D eigenvalue weighted by Gasteiger charge is -2.36. The molecule has 0 N–H and O–H groups in total. The van der Waals surface area contributed by atoms with Crippen LogP contribution in [0.1, 0.15) is 30.8 Å². The highest BCUT2D eigenvalue weighted by Gasteiger charge is 2.35. The van der Waals surface area contributed by atoms with Crippen molar-refractivity contribution in [3.05, 3.63) is 84.5 Å². The van der Waals surface area contributed by atoms with Gasteiger partial charge < -0.3 is 4.90 Å². The van der Waals surface area contributed by atoms with Crippen molar-refractivity contribution in [2.45, 2.75) is 19.4 Å². The van der Waals surface area contributed by atoms with Crippen molar-refractivity contribution >= 4 is 23.0 Å². The Labute approximate surface area is 204 Å². The van der Waals surface area contributed by atoms with Gasteiger partial charge in [-0.15, -0.1) is 10.2 Å². The summed E-state index contributed by atoms with van der Waals surface area (Å²) in [6, 6.07) is 15.8. The van der Waals surface area contributed by atoms with Crippen molar-refractivity contribution in [3.8, 4) is 33.6 Å². The predicted molar refractivity (Wildman–Crippen MR) is 130 cm³/mol. The van der Waals surface area contributed by atoms with E-state index < -0.39 is 0 Å². The van der Waals surface area contributed by atoms with Crippen LogP contribution in [-0.2, 0) is 0 Å². The first kappa shape index (κ1) is 21.1. The lowest BCUT2D eigenvalue weighted by molar-refractivity contribution is 0.590. The molecule has 1 atom stereocenters. The second kappa shape index (κ2) is 8.38. The molecule has 10 heteroatoms. The summed E-state index contributed by atoms with van der Waals surface area (Å²) in [6.07, 6.45) is 5.94. The van der Waals surface area contributed by atoms with Gasteiger partial charge in [0.15, 0.2) is 17.5 Å². The number of aromatic nitrogens is 6. The summed E-state index contributed by atoms with van der Waals surface area (Å²) in [5.41, 5.74) is 3.85. The number of hydrogen-bond acceptors (Lipinski definition) is 8. The third-order valence-corrected chi connectivity index (χ3v) is 6.85. The lowest BCUT2D eigenvalue weighted by Crippen LogP contribution is -2.32. The zero-order valence-corrected chi connectivity index (χ0v) is 19.3. The number of anilines is 2. The van der Waals surface area contributed by atoms with E-state index in [-0.39, 0.29) is 11.9 Å². The van der Waals surface area contributed by atoms with E-state index in [1.165, 1.54) is 23.7 Å². The molecule has 0 bridgehead atoms. The van der Waals surface area contributed by atoms with Crippen molar-refractivity contribution in [2.75, 3.05) is 4.90 Å². The highest BCUT2D eigenvalue weighted by molar-refractivity contribution is 7.10. The van der Waals surface area contributed by atoms with Gasteiger partial charge in [0, 0.05) is 5.69 Å². The average molecular weight is 481 g/mol. The number of halogens is 1. The molecule has 0 spiro atoms. The maximum absolute atomic E-state index is 13.5. The standard InChI is InChI=1S/C25H17FN8S/c1-2-20-25-32-29-14-33(25)21-13-28-23(19-12-30-35-22(19)16-5-7-17(26)8-6-16)31-24(21)34(20)18-9-3-15(11-27)4-10-18/h3-10,12-14,20H,2H2,1H3. The number of benzene rings is 2. The molecule has 2 aromatic carbocycles. The molecule has 0 amide bonds. The molecule has 0 radical (unpaired) electrons. The largest absolute Gasteiger partial charge is 0.314 e. The molecule has 1 unspecified atom stereocenters. The minimum Gasteiger partial charge on any atom is -0.314 e. The molecular formula is C25H17FN8S. The van der Waals surface area contributed by atoms with Crippen LogP contribution in [-0.4, -0.2) is 29.1 Å². The Hall–Kier alpha value is -4.49. The average Bonchev–Trinajstić information content (AvgIpc) is 3.58. The van der Waals surface area contributed by atoms with E-state index in [0.29, 0.717) is 17.2 Å². The summed E-state index contributed by atoms with van der Waals surface area (Å²) < 4.78 is 19.8. The van der Waals surface area contributed by atoms with E-state index in [1.807, 2.05) is 16.7 Å². The molecule has 35 heavy (non-hydrogen) atoms. The van der Waals surface area contributed by atoms with Crippen LogP contribution in [0.5, 0.6) is 0 Å². The molecule has 1 aliphatic heterocycles. The quantitative estimate of drug-likeness (QED) is 0.337. The fourth-order valence-electron chi connectivity index (χ4n) is 4.34. The minimum atomic E-state index is -0.293. The normalized spacial score (nSPS) is 14.3. The van der Waals surface area contributed by atoms with Crippen LogP contribution in [0.3, 0.4) is 0 Å². The van der Waals surface area contributed by atoms with E-state index in [2.05, 4.69) is 37.4 Å². The molecule has 0 saturated heterocycles. The van der Waals surface area contributed by atoms with Crippen LogP contribution in [0.15, 0.2) is 67.3 Å². The van der Waals surface area contributed by atoms with Gasteiger partial charge in [0.25, 0.3) is 0 Å². The molecule has 4 heterocycles. The molecule has 5 aromatic rings. The molecule has 0 saturated carbocycles. The smallest absolute Gasteiger partial charge is 0.164 e. The molecule has 170 valence electrons. The van der Waals surface area contributed by atoms with Gasteiger partial charge in [-0.2, -0.15) is 9.64 Å². The van der Waals surface area contributed by atoms with E-state index in [4.69, 9.17) is 4.98 Å². The summed E-state index contributed by atoms with van der Waals surface area (Å²) >= 11 is 1.32. The zero-order valence-electron chi connectivity index (χ0n) is 18.5. The van der Waals surface area contributed by atoms with Crippen molar-refractivity contribution in [1.29, 1.82) is 5.26 Å². The van der Waals surface area contributed by atoms with E-state index in [1.54, 1.807) is 43.0 Å². The molecule has 0 fully saturated rings. The summed E-state index contributed by atoms with van der Waals surface area (Å²) in [5.74, 6) is 1.72. The van der Waals surface area contributed by atoms with Gasteiger partial charge in [0.2, 0.25) is 0 Å². The summed E-state index contributed by atoms with van der Waals surface area (Å²) in [6.45, 7) is 2.09. The van der Waals surface area contributed by atoms with Gasteiger partial charge in [-0.25, -0.2) is 14.4 Å². The lowest BCUT2D eigenvalue weighted by atomic mass is 10.1. The topological polar surface area (TPSA) is 96.4 Å². The van der Waals surface area contributed by atoms with Crippen molar-refractivity contribution in [2.24, 2.45) is 0 Å². The van der Waals surface area contributed by atoms with E-state index >= 15 is 0 Å². The number of fused-ring (bicyclic) bond motifs is 3. The molecule has 3 aromatic heterocycles. The Morgan fingerprint density at radius 2 is 1.89 bits per heavy atom. The molecule has 6 rings (SSSR count). The fourth-order valence-corrected chi connectivity index (χ4v) is 5.08. The Morgan fingerprint density at radius 1 is 1.09 bits per heavy atom. The maximum atomic E-state index is 13.5. The molecule has 1 aliphatic rings. The third-order valence-electron chi connectivity index (χ3n) is 6.00. The Kier molecular flexibility index (Phi) is 5.04.